The lowest BCUT2D eigenvalue weighted by Gasteiger charge is -2.24. The summed E-state index contributed by atoms with van der Waals surface area (Å²) in [6.07, 6.45) is 1.11. The molecule has 10 nitrogen and oxygen atoms in total. The van der Waals surface area contributed by atoms with Crippen LogP contribution >= 0.6 is 11.6 Å². The topological polar surface area (TPSA) is 130 Å². The molecule has 1 fully saturated rings. The smallest absolute Gasteiger partial charge is 0.341 e. The molecule has 0 radical (unpaired) electrons. The van der Waals surface area contributed by atoms with Crippen LogP contribution in [0.4, 0.5) is 20.6 Å². The number of hydrogen-bond acceptors (Lipinski definition) is 5. The van der Waals surface area contributed by atoms with Crippen molar-refractivity contribution in [1.29, 1.82) is 0 Å². The molecule has 1 aromatic heterocycles. The van der Waals surface area contributed by atoms with Crippen LogP contribution in [0.1, 0.15) is 16.8 Å². The summed E-state index contributed by atoms with van der Waals surface area (Å²) in [4.78, 5) is 50.9. The quantitative estimate of drug-likeness (QED) is 0.448. The number of nitrogens with zero attached hydrogens (tertiary/aromatic N) is 2. The molecule has 1 aliphatic heterocycles. The van der Waals surface area contributed by atoms with Crippen molar-refractivity contribution < 1.29 is 28.6 Å². The van der Waals surface area contributed by atoms with Crippen LogP contribution in [0.2, 0.25) is 5.02 Å². The molecular weight excluding hydrogens is 507 g/mol. The van der Waals surface area contributed by atoms with Gasteiger partial charge in [0.05, 0.1) is 17.5 Å². The maximum atomic E-state index is 14.9. The summed E-state index contributed by atoms with van der Waals surface area (Å²) < 4.78 is 21.3. The van der Waals surface area contributed by atoms with Gasteiger partial charge in [0.25, 0.3) is 5.56 Å². The van der Waals surface area contributed by atoms with Crippen molar-refractivity contribution in [2.75, 3.05) is 24.3 Å². The van der Waals surface area contributed by atoms with Gasteiger partial charge in [0.1, 0.15) is 17.4 Å². The molecule has 37 heavy (non-hydrogen) atoms. The zero-order valence-electron chi connectivity index (χ0n) is 19.5. The zero-order chi connectivity index (χ0) is 26.7. The van der Waals surface area contributed by atoms with Crippen molar-refractivity contribution in [3.63, 3.8) is 0 Å². The minimum atomic E-state index is -1.40. The van der Waals surface area contributed by atoms with E-state index in [9.17, 15) is 23.6 Å². The van der Waals surface area contributed by atoms with Gasteiger partial charge in [0, 0.05) is 43.0 Å². The molecule has 2 unspecified atom stereocenters. The molecule has 1 saturated heterocycles. The number of aromatic carboxylic acids is 1. The zero-order valence-corrected chi connectivity index (χ0v) is 20.2. The van der Waals surface area contributed by atoms with Crippen molar-refractivity contribution >= 4 is 40.9 Å². The number of pyridine rings is 1. The number of halogens is 2. The van der Waals surface area contributed by atoms with Crippen molar-refractivity contribution in [2.45, 2.75) is 18.6 Å². The fraction of sp³-hybridized carbons (Fsp3) is 0.200. The number of amides is 3. The molecule has 3 amide bonds. The molecular formula is C25H22ClFN4O6. The Kier molecular flexibility index (Phi) is 7.55. The van der Waals surface area contributed by atoms with E-state index in [2.05, 4.69) is 10.6 Å². The van der Waals surface area contributed by atoms with Gasteiger partial charge in [-0.15, -0.1) is 0 Å². The third-order valence-corrected chi connectivity index (χ3v) is 6.17. The van der Waals surface area contributed by atoms with Gasteiger partial charge in [-0.2, -0.15) is 0 Å². The highest BCUT2D eigenvalue weighted by Crippen LogP contribution is 2.25. The van der Waals surface area contributed by atoms with Crippen LogP contribution in [0.5, 0.6) is 0 Å². The summed E-state index contributed by atoms with van der Waals surface area (Å²) in [5.74, 6) is -2.88. The van der Waals surface area contributed by atoms with Crippen molar-refractivity contribution in [3.05, 3.63) is 87.6 Å². The Hall–Kier alpha value is -4.22. The summed E-state index contributed by atoms with van der Waals surface area (Å²) in [7, 11) is 1.47. The lowest BCUT2D eigenvalue weighted by molar-refractivity contribution is -0.119. The van der Waals surface area contributed by atoms with Gasteiger partial charge in [-0.05, 0) is 48.5 Å². The van der Waals surface area contributed by atoms with Crippen molar-refractivity contribution in [3.8, 4) is 5.69 Å². The SMILES string of the molecule is COC1CC(C(=O)Nc2ccc(-n3cccc(C(=O)O)c3=O)cc2F)N(C(=O)Nc2ccc(Cl)cc2)C1. The summed E-state index contributed by atoms with van der Waals surface area (Å²) >= 11 is 5.88. The lowest BCUT2D eigenvalue weighted by atomic mass is 10.1. The molecule has 0 spiro atoms. The normalized spacial score (nSPS) is 16.9. The number of likely N-dealkylation sites (tertiary alicyclic amines) is 1. The van der Waals surface area contributed by atoms with Crippen LogP contribution in [0.25, 0.3) is 5.69 Å². The highest BCUT2D eigenvalue weighted by molar-refractivity contribution is 6.30. The first-order chi connectivity index (χ1) is 17.7. The van der Waals surface area contributed by atoms with E-state index in [4.69, 9.17) is 21.4 Å². The number of carboxylic acid groups (broad SMARTS) is 1. The van der Waals surface area contributed by atoms with E-state index in [1.807, 2.05) is 0 Å². The Morgan fingerprint density at radius 2 is 1.84 bits per heavy atom. The van der Waals surface area contributed by atoms with E-state index < -0.39 is 47.0 Å². The van der Waals surface area contributed by atoms with Crippen LogP contribution in [0.3, 0.4) is 0 Å². The van der Waals surface area contributed by atoms with Gasteiger partial charge in [-0.25, -0.2) is 14.0 Å². The largest absolute Gasteiger partial charge is 0.477 e. The first-order valence-corrected chi connectivity index (χ1v) is 11.5. The second-order valence-corrected chi connectivity index (χ2v) is 8.69. The molecule has 2 atom stereocenters. The second-order valence-electron chi connectivity index (χ2n) is 8.25. The number of ether oxygens (including phenoxy) is 1. The fourth-order valence-corrected chi connectivity index (χ4v) is 4.13. The Labute approximate surface area is 215 Å². The minimum absolute atomic E-state index is 0.0767. The first kappa shape index (κ1) is 25.9. The van der Waals surface area contributed by atoms with E-state index in [1.54, 1.807) is 24.3 Å². The number of nitrogens with one attached hydrogen (secondary N) is 2. The number of carbonyl (C=O) groups is 3. The number of benzene rings is 2. The van der Waals surface area contributed by atoms with Gasteiger partial charge in [0.2, 0.25) is 5.91 Å². The average molecular weight is 529 g/mol. The highest BCUT2D eigenvalue weighted by Gasteiger charge is 2.40. The number of methoxy groups -OCH3 is 1. The van der Waals surface area contributed by atoms with E-state index >= 15 is 0 Å². The van der Waals surface area contributed by atoms with Crippen LogP contribution in [-0.2, 0) is 9.53 Å². The number of aromatic nitrogens is 1. The van der Waals surface area contributed by atoms with Gasteiger partial charge in [0.15, 0.2) is 0 Å². The predicted molar refractivity (Wildman–Crippen MR) is 134 cm³/mol. The molecule has 3 aromatic rings. The number of urea groups is 1. The molecule has 192 valence electrons. The standard InChI is InChI=1S/C25H22ClFN4O6/c1-37-17-12-21(31(13-17)25(36)28-15-6-4-14(26)5-7-15)22(32)29-20-9-8-16(11-19(20)27)30-10-2-3-18(23(30)33)24(34)35/h2-11,17,21H,12-13H2,1H3,(H,28,36)(H,29,32)(H,34,35). The number of carboxylic acids is 1. The molecule has 4 rings (SSSR count). The van der Waals surface area contributed by atoms with E-state index in [1.165, 1.54) is 36.4 Å². The van der Waals surface area contributed by atoms with Crippen LogP contribution < -0.4 is 16.2 Å². The molecule has 12 heteroatoms. The van der Waals surface area contributed by atoms with Gasteiger partial charge >= 0.3 is 12.0 Å². The third kappa shape index (κ3) is 5.63. The Morgan fingerprint density at radius 1 is 1.11 bits per heavy atom. The van der Waals surface area contributed by atoms with Gasteiger partial charge in [-0.1, -0.05) is 11.6 Å². The third-order valence-electron chi connectivity index (χ3n) is 5.92. The van der Waals surface area contributed by atoms with Crippen LogP contribution in [0.15, 0.2) is 65.6 Å². The number of rotatable bonds is 6. The van der Waals surface area contributed by atoms with Crippen LogP contribution in [0, 0.1) is 5.82 Å². The molecule has 2 aromatic carbocycles. The Balaban J connectivity index is 1.52. The van der Waals surface area contributed by atoms with E-state index in [0.29, 0.717) is 10.7 Å². The minimum Gasteiger partial charge on any atom is -0.477 e. The Bertz CT molecular complexity index is 1410. The molecule has 2 heterocycles. The van der Waals surface area contributed by atoms with Gasteiger partial charge < -0.3 is 25.4 Å². The van der Waals surface area contributed by atoms with Crippen molar-refractivity contribution in [1.82, 2.24) is 9.47 Å². The molecule has 3 N–H and O–H groups in total. The summed E-state index contributed by atoms with van der Waals surface area (Å²) in [6.45, 7) is 0.151. The molecule has 0 bridgehead atoms. The fourth-order valence-electron chi connectivity index (χ4n) is 4.00. The van der Waals surface area contributed by atoms with E-state index in [0.717, 1.165) is 16.7 Å². The molecule has 0 aliphatic carbocycles. The molecule has 0 saturated carbocycles. The number of anilines is 2. The van der Waals surface area contributed by atoms with Crippen LogP contribution in [-0.4, -0.2) is 58.3 Å². The lowest BCUT2D eigenvalue weighted by Crippen LogP contribution is -2.45. The maximum absolute atomic E-state index is 14.9. The average Bonchev–Trinajstić information content (AvgIpc) is 3.32. The maximum Gasteiger partial charge on any atom is 0.341 e. The number of hydrogen-bond donors (Lipinski definition) is 3. The summed E-state index contributed by atoms with van der Waals surface area (Å²) in [5, 5.41) is 14.8. The van der Waals surface area contributed by atoms with E-state index in [-0.39, 0.29) is 24.3 Å². The van der Waals surface area contributed by atoms with Crippen molar-refractivity contribution in [2.24, 2.45) is 0 Å². The van der Waals surface area contributed by atoms with Gasteiger partial charge in [-0.3, -0.25) is 14.2 Å². The Morgan fingerprint density at radius 3 is 2.49 bits per heavy atom. The first-order valence-electron chi connectivity index (χ1n) is 11.1. The summed E-state index contributed by atoms with van der Waals surface area (Å²) in [6, 6.07) is 11.1. The monoisotopic (exact) mass is 528 g/mol. The predicted octanol–water partition coefficient (Wildman–Crippen LogP) is 3.59. The molecule has 1 aliphatic rings. The summed E-state index contributed by atoms with van der Waals surface area (Å²) in [5.41, 5.74) is -0.905. The number of carbonyl (C=O) groups excluding carboxylic acids is 2. The second kappa shape index (κ2) is 10.8. The highest BCUT2D eigenvalue weighted by atomic mass is 35.5.